The lowest BCUT2D eigenvalue weighted by Crippen LogP contribution is -2.25. The van der Waals surface area contributed by atoms with Crippen molar-refractivity contribution in [3.8, 4) is 11.5 Å². The Morgan fingerprint density at radius 2 is 1.26 bits per heavy atom. The van der Waals surface area contributed by atoms with E-state index in [0.717, 1.165) is 55.8 Å². The average molecular weight is 423 g/mol. The van der Waals surface area contributed by atoms with Gasteiger partial charge in [-0.15, -0.1) is 0 Å². The Balaban J connectivity index is 1.29. The molecule has 2 aromatic carbocycles. The van der Waals surface area contributed by atoms with Crippen molar-refractivity contribution in [2.75, 3.05) is 52.5 Å². The summed E-state index contributed by atoms with van der Waals surface area (Å²) in [5.74, 6) is 1.44. The molecule has 0 aliphatic carbocycles. The molecule has 3 heterocycles. The number of nitrogens with zero attached hydrogens (tertiary/aromatic N) is 2. The van der Waals surface area contributed by atoms with Gasteiger partial charge in [-0.2, -0.15) is 0 Å². The van der Waals surface area contributed by atoms with Gasteiger partial charge in [-0.1, -0.05) is 0 Å². The van der Waals surface area contributed by atoms with Crippen molar-refractivity contribution in [3.05, 3.63) is 46.8 Å². The van der Waals surface area contributed by atoms with Gasteiger partial charge in [0.25, 0.3) is 0 Å². The molecule has 0 spiro atoms. The summed E-state index contributed by atoms with van der Waals surface area (Å²) in [4.78, 5) is 17.5. The zero-order chi connectivity index (χ0) is 21.0. The van der Waals surface area contributed by atoms with Crippen LogP contribution >= 0.6 is 0 Å². The van der Waals surface area contributed by atoms with Crippen molar-refractivity contribution in [1.29, 1.82) is 0 Å². The van der Waals surface area contributed by atoms with Crippen molar-refractivity contribution < 1.29 is 13.9 Å². The van der Waals surface area contributed by atoms with Crippen LogP contribution in [0.3, 0.4) is 0 Å². The Bertz CT molecular complexity index is 1100. The van der Waals surface area contributed by atoms with E-state index < -0.39 is 0 Å². The fourth-order valence-corrected chi connectivity index (χ4v) is 4.67. The summed E-state index contributed by atoms with van der Waals surface area (Å²) < 4.78 is 17.4. The molecular formula is C25H30N2O4. The van der Waals surface area contributed by atoms with Gasteiger partial charge >= 0.3 is 5.63 Å². The first-order chi connectivity index (χ1) is 15.3. The van der Waals surface area contributed by atoms with E-state index in [1.807, 2.05) is 30.3 Å². The maximum absolute atomic E-state index is 12.6. The molecule has 0 unspecified atom stereocenters. The largest absolute Gasteiger partial charge is 0.492 e. The summed E-state index contributed by atoms with van der Waals surface area (Å²) in [6.07, 6.45) is 5.10. The molecule has 31 heavy (non-hydrogen) atoms. The monoisotopic (exact) mass is 422 g/mol. The predicted octanol–water partition coefficient (Wildman–Crippen LogP) is 3.90. The lowest BCUT2D eigenvalue weighted by molar-refractivity contribution is 0.237. The fourth-order valence-electron chi connectivity index (χ4n) is 4.67. The molecule has 1 aromatic heterocycles. The van der Waals surface area contributed by atoms with E-state index in [-0.39, 0.29) is 5.63 Å². The summed E-state index contributed by atoms with van der Waals surface area (Å²) in [5, 5.41) is 2.33. The third-order valence-electron chi connectivity index (χ3n) is 6.41. The Morgan fingerprint density at radius 3 is 1.87 bits per heavy atom. The normalized spacial score (nSPS) is 17.7. The van der Waals surface area contributed by atoms with Gasteiger partial charge in [-0.3, -0.25) is 9.80 Å². The van der Waals surface area contributed by atoms with E-state index >= 15 is 0 Å². The lowest BCUT2D eigenvalue weighted by atomic mass is 10.1. The number of fused-ring (bicyclic) bond motifs is 3. The van der Waals surface area contributed by atoms with Crippen molar-refractivity contribution in [2.24, 2.45) is 0 Å². The number of likely N-dealkylation sites (tertiary alicyclic amines) is 2. The summed E-state index contributed by atoms with van der Waals surface area (Å²) in [5.41, 5.74) is 0.209. The fraction of sp³-hybridized carbons (Fsp3) is 0.480. The van der Waals surface area contributed by atoms with Crippen molar-refractivity contribution in [3.63, 3.8) is 0 Å². The predicted molar refractivity (Wildman–Crippen MR) is 122 cm³/mol. The highest BCUT2D eigenvalue weighted by Gasteiger charge is 2.13. The highest BCUT2D eigenvalue weighted by atomic mass is 16.5. The minimum atomic E-state index is -0.346. The first-order valence-electron chi connectivity index (χ1n) is 11.5. The van der Waals surface area contributed by atoms with Crippen LogP contribution < -0.4 is 15.1 Å². The summed E-state index contributed by atoms with van der Waals surface area (Å²) in [6.45, 7) is 7.74. The van der Waals surface area contributed by atoms with E-state index in [4.69, 9.17) is 13.9 Å². The smallest absolute Gasteiger partial charge is 0.344 e. The summed E-state index contributed by atoms with van der Waals surface area (Å²) >= 11 is 0. The van der Waals surface area contributed by atoms with Crippen LogP contribution in [0.4, 0.5) is 0 Å². The van der Waals surface area contributed by atoms with Gasteiger partial charge in [-0.05, 0) is 82.2 Å². The number of hydrogen-bond acceptors (Lipinski definition) is 6. The number of benzene rings is 2. The molecule has 5 rings (SSSR count). The highest BCUT2D eigenvalue weighted by molar-refractivity contribution is 6.04. The standard InChI is InChI=1S/C25H30N2O4/c28-25-23-17-19(29-15-13-26-9-1-2-10-26)5-7-21(23)22-8-6-20(18-24(22)31-25)30-16-14-27-11-3-4-12-27/h5-8,17-18H,1-4,9-16H2. The minimum Gasteiger partial charge on any atom is -0.492 e. The number of hydrogen-bond donors (Lipinski definition) is 0. The molecule has 6 heteroatoms. The Hall–Kier alpha value is -2.57. The van der Waals surface area contributed by atoms with Crippen LogP contribution in [-0.2, 0) is 0 Å². The van der Waals surface area contributed by atoms with Crippen LogP contribution in [0, 0.1) is 0 Å². The molecule has 6 nitrogen and oxygen atoms in total. The van der Waals surface area contributed by atoms with Crippen molar-refractivity contribution in [1.82, 2.24) is 9.80 Å². The third-order valence-corrected chi connectivity index (χ3v) is 6.41. The van der Waals surface area contributed by atoms with Gasteiger partial charge in [0, 0.05) is 29.9 Å². The molecule has 0 bridgehead atoms. The van der Waals surface area contributed by atoms with E-state index in [1.165, 1.54) is 25.7 Å². The molecule has 2 aliphatic heterocycles. The number of ether oxygens (including phenoxy) is 2. The zero-order valence-electron chi connectivity index (χ0n) is 18.0. The van der Waals surface area contributed by atoms with Gasteiger partial charge in [0.1, 0.15) is 30.3 Å². The molecule has 2 saturated heterocycles. The van der Waals surface area contributed by atoms with Crippen molar-refractivity contribution in [2.45, 2.75) is 25.7 Å². The quantitative estimate of drug-likeness (QED) is 0.405. The molecule has 0 saturated carbocycles. The second-order valence-electron chi connectivity index (χ2n) is 8.55. The van der Waals surface area contributed by atoms with E-state index in [2.05, 4.69) is 9.80 Å². The lowest BCUT2D eigenvalue weighted by Gasteiger charge is -2.15. The summed E-state index contributed by atoms with van der Waals surface area (Å²) in [6, 6.07) is 11.4. The Labute approximate surface area is 182 Å². The van der Waals surface area contributed by atoms with Crippen molar-refractivity contribution >= 4 is 21.7 Å². The highest BCUT2D eigenvalue weighted by Crippen LogP contribution is 2.28. The zero-order valence-corrected chi connectivity index (χ0v) is 18.0. The Morgan fingerprint density at radius 1 is 0.710 bits per heavy atom. The van der Waals surface area contributed by atoms with Crippen LogP contribution in [0.5, 0.6) is 11.5 Å². The summed E-state index contributed by atoms with van der Waals surface area (Å²) in [7, 11) is 0. The van der Waals surface area contributed by atoms with Crippen LogP contribution in [0.25, 0.3) is 21.7 Å². The number of rotatable bonds is 8. The van der Waals surface area contributed by atoms with Crippen LogP contribution in [0.1, 0.15) is 25.7 Å². The molecule has 0 radical (unpaired) electrons. The van der Waals surface area contributed by atoms with E-state index in [1.54, 1.807) is 6.07 Å². The third kappa shape index (κ3) is 4.70. The second-order valence-corrected chi connectivity index (χ2v) is 8.55. The van der Waals surface area contributed by atoms with E-state index in [9.17, 15) is 4.79 Å². The Kier molecular flexibility index (Phi) is 6.09. The van der Waals surface area contributed by atoms with Crippen LogP contribution in [0.15, 0.2) is 45.6 Å². The topological polar surface area (TPSA) is 55.1 Å². The maximum atomic E-state index is 12.6. The van der Waals surface area contributed by atoms with Gasteiger partial charge < -0.3 is 13.9 Å². The van der Waals surface area contributed by atoms with E-state index in [0.29, 0.717) is 29.9 Å². The molecule has 3 aromatic rings. The van der Waals surface area contributed by atoms with Crippen LogP contribution in [-0.4, -0.2) is 62.3 Å². The SMILES string of the molecule is O=c1oc2cc(OCCN3CCCC3)ccc2c2ccc(OCCN3CCCC3)cc12. The molecule has 2 aliphatic rings. The first kappa shape index (κ1) is 20.3. The first-order valence-corrected chi connectivity index (χ1v) is 11.5. The molecule has 0 amide bonds. The van der Waals surface area contributed by atoms with Crippen LogP contribution in [0.2, 0.25) is 0 Å². The second kappa shape index (κ2) is 9.28. The van der Waals surface area contributed by atoms with Gasteiger partial charge in [0.15, 0.2) is 0 Å². The van der Waals surface area contributed by atoms with Gasteiger partial charge in [-0.25, -0.2) is 4.79 Å². The molecule has 164 valence electrons. The van der Waals surface area contributed by atoms with Gasteiger partial charge in [0.05, 0.1) is 5.39 Å². The van der Waals surface area contributed by atoms with Gasteiger partial charge in [0.2, 0.25) is 0 Å². The molecular weight excluding hydrogens is 392 g/mol. The molecule has 0 atom stereocenters. The maximum Gasteiger partial charge on any atom is 0.344 e. The molecule has 0 N–H and O–H groups in total. The molecule has 2 fully saturated rings. The minimum absolute atomic E-state index is 0.346. The average Bonchev–Trinajstić information content (AvgIpc) is 3.48.